The summed E-state index contributed by atoms with van der Waals surface area (Å²) < 4.78 is 46.9. The van der Waals surface area contributed by atoms with Crippen molar-refractivity contribution in [3.05, 3.63) is 16.6 Å². The Hall–Kier alpha value is -2.06. The zero-order valence-electron chi connectivity index (χ0n) is 15.1. The molecule has 144 valence electrons. The van der Waals surface area contributed by atoms with Gasteiger partial charge in [0.25, 0.3) is 5.56 Å². The Morgan fingerprint density at radius 2 is 1.92 bits per heavy atom. The minimum atomic E-state index is -4.11. The van der Waals surface area contributed by atoms with Gasteiger partial charge in [-0.15, -0.1) is 0 Å². The van der Waals surface area contributed by atoms with Crippen LogP contribution in [-0.4, -0.2) is 32.1 Å². The fraction of sp³-hybridized carbons (Fsp3) is 0.706. The van der Waals surface area contributed by atoms with Crippen LogP contribution in [0.2, 0.25) is 0 Å². The maximum absolute atomic E-state index is 12.7. The summed E-state index contributed by atoms with van der Waals surface area (Å²) in [7, 11) is 1.57. The van der Waals surface area contributed by atoms with Crippen LogP contribution in [-0.2, 0) is 7.05 Å². The molecule has 0 aliphatic heterocycles. The molecule has 26 heavy (non-hydrogen) atoms. The number of ether oxygens (including phenoxy) is 1. The van der Waals surface area contributed by atoms with E-state index in [4.69, 9.17) is 4.74 Å². The van der Waals surface area contributed by atoms with Gasteiger partial charge in [0.2, 0.25) is 0 Å². The van der Waals surface area contributed by atoms with Crippen molar-refractivity contribution in [2.24, 2.45) is 18.9 Å². The maximum atomic E-state index is 12.7. The summed E-state index contributed by atoms with van der Waals surface area (Å²) in [4.78, 5) is 16.9. The molecule has 0 unspecified atom stereocenters. The molecule has 0 radical (unpaired) electrons. The van der Waals surface area contributed by atoms with Gasteiger partial charge in [-0.25, -0.2) is 4.68 Å². The number of hydrogen-bond acceptors (Lipinski definition) is 4. The Kier molecular flexibility index (Phi) is 4.98. The number of nitrogens with zero attached hydrogens (tertiary/aromatic N) is 4. The van der Waals surface area contributed by atoms with Crippen molar-refractivity contribution in [2.75, 3.05) is 6.61 Å². The standard InChI is InChI=1S/C17H23F3N4O2/c1-10(2)24-14-13(8-21-24)15(25)23(3)16(22-14)26-9-11-4-6-12(7-5-11)17(18,19)20/h8,10-12H,4-7,9H2,1-3H3. The minimum absolute atomic E-state index is 0.0382. The fourth-order valence-electron chi connectivity index (χ4n) is 3.41. The lowest BCUT2D eigenvalue weighted by Gasteiger charge is -2.29. The molecule has 2 aromatic heterocycles. The summed E-state index contributed by atoms with van der Waals surface area (Å²) in [5.74, 6) is -1.17. The third kappa shape index (κ3) is 3.57. The third-order valence-corrected chi connectivity index (χ3v) is 5.04. The van der Waals surface area contributed by atoms with E-state index in [1.807, 2.05) is 13.8 Å². The molecule has 3 rings (SSSR count). The van der Waals surface area contributed by atoms with E-state index in [0.29, 0.717) is 23.9 Å². The summed E-state index contributed by atoms with van der Waals surface area (Å²) in [5.41, 5.74) is 0.205. The van der Waals surface area contributed by atoms with Crippen molar-refractivity contribution in [2.45, 2.75) is 51.7 Å². The van der Waals surface area contributed by atoms with Gasteiger partial charge >= 0.3 is 12.2 Å². The molecule has 1 aliphatic rings. The molecule has 6 nitrogen and oxygen atoms in total. The Labute approximate surface area is 149 Å². The quantitative estimate of drug-likeness (QED) is 0.825. The molecule has 0 amide bonds. The summed E-state index contributed by atoms with van der Waals surface area (Å²) in [5, 5.41) is 4.61. The van der Waals surface area contributed by atoms with Gasteiger partial charge < -0.3 is 4.74 Å². The summed E-state index contributed by atoms with van der Waals surface area (Å²) in [6, 6.07) is 0.209. The van der Waals surface area contributed by atoms with Crippen LogP contribution in [0.1, 0.15) is 45.6 Å². The number of fused-ring (bicyclic) bond motifs is 1. The highest BCUT2D eigenvalue weighted by Gasteiger charge is 2.41. The monoisotopic (exact) mass is 372 g/mol. The molecule has 0 spiro atoms. The van der Waals surface area contributed by atoms with E-state index in [1.54, 1.807) is 11.7 Å². The number of aromatic nitrogens is 4. The van der Waals surface area contributed by atoms with E-state index in [9.17, 15) is 18.0 Å². The summed E-state index contributed by atoms with van der Waals surface area (Å²) in [6.45, 7) is 4.13. The molecular formula is C17H23F3N4O2. The van der Waals surface area contributed by atoms with Crippen molar-refractivity contribution >= 4 is 11.0 Å². The first-order valence-corrected chi connectivity index (χ1v) is 8.82. The largest absolute Gasteiger partial charge is 0.464 e. The summed E-state index contributed by atoms with van der Waals surface area (Å²) in [6.07, 6.45) is -1.44. The lowest BCUT2D eigenvalue weighted by Crippen LogP contribution is -2.30. The van der Waals surface area contributed by atoms with Crippen molar-refractivity contribution in [1.29, 1.82) is 0 Å². The minimum Gasteiger partial charge on any atom is -0.464 e. The first-order chi connectivity index (χ1) is 12.2. The molecule has 0 atom stereocenters. The summed E-state index contributed by atoms with van der Waals surface area (Å²) >= 11 is 0. The van der Waals surface area contributed by atoms with E-state index in [0.717, 1.165) is 0 Å². The Balaban J connectivity index is 1.73. The van der Waals surface area contributed by atoms with Gasteiger partial charge in [0.15, 0.2) is 5.65 Å². The van der Waals surface area contributed by atoms with Crippen molar-refractivity contribution in [3.63, 3.8) is 0 Å². The second-order valence-electron chi connectivity index (χ2n) is 7.25. The molecule has 1 aliphatic carbocycles. The average molecular weight is 372 g/mol. The molecule has 0 N–H and O–H groups in total. The first kappa shape index (κ1) is 18.7. The van der Waals surface area contributed by atoms with E-state index in [-0.39, 0.29) is 43.0 Å². The van der Waals surface area contributed by atoms with Gasteiger partial charge in [0.05, 0.1) is 18.7 Å². The van der Waals surface area contributed by atoms with E-state index < -0.39 is 12.1 Å². The van der Waals surface area contributed by atoms with Gasteiger partial charge in [-0.2, -0.15) is 23.3 Å². The first-order valence-electron chi connectivity index (χ1n) is 8.82. The fourth-order valence-corrected chi connectivity index (χ4v) is 3.41. The molecule has 1 fully saturated rings. The zero-order chi connectivity index (χ0) is 19.1. The van der Waals surface area contributed by atoms with Crippen LogP contribution in [0, 0.1) is 11.8 Å². The Bertz CT molecular complexity index is 833. The van der Waals surface area contributed by atoms with E-state index in [1.165, 1.54) is 10.8 Å². The van der Waals surface area contributed by atoms with Gasteiger partial charge in [-0.1, -0.05) is 0 Å². The highest BCUT2D eigenvalue weighted by atomic mass is 19.4. The molecular weight excluding hydrogens is 349 g/mol. The lowest BCUT2D eigenvalue weighted by atomic mass is 9.82. The molecule has 2 aromatic rings. The highest BCUT2D eigenvalue weighted by Crippen LogP contribution is 2.39. The smallest absolute Gasteiger partial charge is 0.391 e. The number of hydrogen-bond donors (Lipinski definition) is 0. The molecule has 1 saturated carbocycles. The van der Waals surface area contributed by atoms with Crippen LogP contribution < -0.4 is 10.3 Å². The highest BCUT2D eigenvalue weighted by molar-refractivity contribution is 5.73. The zero-order valence-corrected chi connectivity index (χ0v) is 15.1. The number of alkyl halides is 3. The number of rotatable bonds is 4. The number of halogens is 3. The third-order valence-electron chi connectivity index (χ3n) is 5.04. The van der Waals surface area contributed by atoms with Gasteiger partial charge in [-0.05, 0) is 45.4 Å². The second-order valence-corrected chi connectivity index (χ2v) is 7.25. The van der Waals surface area contributed by atoms with Crippen molar-refractivity contribution < 1.29 is 17.9 Å². The van der Waals surface area contributed by atoms with Crippen LogP contribution >= 0.6 is 0 Å². The molecule has 0 saturated heterocycles. The molecule has 0 aromatic carbocycles. The SMILES string of the molecule is CC(C)n1ncc2c(=O)n(C)c(OCC3CCC(C(F)(F)F)CC3)nc21. The Morgan fingerprint density at radius 3 is 2.50 bits per heavy atom. The predicted octanol–water partition coefficient (Wildman–Crippen LogP) is 3.46. The molecule has 9 heteroatoms. The van der Waals surface area contributed by atoms with Gasteiger partial charge in [-0.3, -0.25) is 9.36 Å². The normalized spacial score (nSPS) is 21.5. The predicted molar refractivity (Wildman–Crippen MR) is 90.2 cm³/mol. The Morgan fingerprint density at radius 1 is 1.27 bits per heavy atom. The van der Waals surface area contributed by atoms with E-state index in [2.05, 4.69) is 10.1 Å². The van der Waals surface area contributed by atoms with Crippen LogP contribution in [0.15, 0.2) is 11.0 Å². The van der Waals surface area contributed by atoms with Crippen molar-refractivity contribution in [1.82, 2.24) is 19.3 Å². The van der Waals surface area contributed by atoms with Crippen LogP contribution in [0.4, 0.5) is 13.2 Å². The maximum Gasteiger partial charge on any atom is 0.391 e. The van der Waals surface area contributed by atoms with Crippen LogP contribution in [0.5, 0.6) is 6.01 Å². The molecule has 2 heterocycles. The van der Waals surface area contributed by atoms with Crippen LogP contribution in [0.3, 0.4) is 0 Å². The topological polar surface area (TPSA) is 61.9 Å². The second kappa shape index (κ2) is 6.92. The van der Waals surface area contributed by atoms with Gasteiger partial charge in [0, 0.05) is 13.1 Å². The van der Waals surface area contributed by atoms with Crippen molar-refractivity contribution in [3.8, 4) is 6.01 Å². The molecule has 0 bridgehead atoms. The average Bonchev–Trinajstić information content (AvgIpc) is 3.00. The van der Waals surface area contributed by atoms with E-state index >= 15 is 0 Å². The van der Waals surface area contributed by atoms with Crippen LogP contribution in [0.25, 0.3) is 11.0 Å². The lowest BCUT2D eigenvalue weighted by molar-refractivity contribution is -0.184. The van der Waals surface area contributed by atoms with Gasteiger partial charge in [0.1, 0.15) is 5.39 Å².